The number of hydrogen-bond acceptors (Lipinski definition) is 8. The van der Waals surface area contributed by atoms with E-state index >= 15 is 0 Å². The Balaban J connectivity index is 0.000000471. The fourth-order valence-electron chi connectivity index (χ4n) is 3.20. The molecule has 1 aliphatic heterocycles. The highest BCUT2D eigenvalue weighted by atomic mass is 16.7. The quantitative estimate of drug-likeness (QED) is 0.261. The Hall–Kier alpha value is -2.07. The van der Waals surface area contributed by atoms with Crippen LogP contribution in [0.3, 0.4) is 0 Å². The Kier molecular flexibility index (Phi) is 14.5. The van der Waals surface area contributed by atoms with E-state index in [0.717, 1.165) is 19.3 Å². The van der Waals surface area contributed by atoms with Crippen molar-refractivity contribution in [1.29, 1.82) is 0 Å². The smallest absolute Gasteiger partial charge is 0.305 e. The number of unbranched alkanes of at least 4 members (excludes halogenated alkanes) is 8. The SMILES string of the molecule is CCCCCCCCCCCC(=O)OC[C@H]1OC(O)[C@H](O)[C@@H]1O.NC(=O)c1cccnc1. The van der Waals surface area contributed by atoms with Gasteiger partial charge in [-0.2, -0.15) is 0 Å². The Labute approximate surface area is 189 Å². The van der Waals surface area contributed by atoms with Gasteiger partial charge in [0.2, 0.25) is 5.91 Å². The van der Waals surface area contributed by atoms with Crippen molar-refractivity contribution in [3.05, 3.63) is 30.1 Å². The van der Waals surface area contributed by atoms with Crippen LogP contribution in [0.4, 0.5) is 0 Å². The minimum absolute atomic E-state index is 0.147. The van der Waals surface area contributed by atoms with Gasteiger partial charge in [-0.25, -0.2) is 0 Å². The Morgan fingerprint density at radius 3 is 2.12 bits per heavy atom. The molecule has 0 bridgehead atoms. The number of nitrogens with zero attached hydrogens (tertiary/aromatic N) is 1. The summed E-state index contributed by atoms with van der Waals surface area (Å²) in [7, 11) is 0. The zero-order chi connectivity index (χ0) is 23.8. The monoisotopic (exact) mass is 454 g/mol. The third-order valence-electron chi connectivity index (χ3n) is 5.18. The number of pyridine rings is 1. The van der Waals surface area contributed by atoms with Crippen LogP contribution in [0.1, 0.15) is 81.5 Å². The van der Waals surface area contributed by atoms with Crippen LogP contribution in [0, 0.1) is 0 Å². The van der Waals surface area contributed by atoms with Crippen molar-refractivity contribution in [1.82, 2.24) is 4.98 Å². The number of carbonyl (C=O) groups excluding carboxylic acids is 2. The summed E-state index contributed by atoms with van der Waals surface area (Å²) in [5, 5.41) is 28.1. The molecular formula is C23H38N2O7. The first-order valence-corrected chi connectivity index (χ1v) is 11.4. The molecule has 1 aromatic rings. The lowest BCUT2D eigenvalue weighted by molar-refractivity contribution is -0.157. The normalized spacial score (nSPS) is 22.1. The maximum Gasteiger partial charge on any atom is 0.305 e. The second kappa shape index (κ2) is 16.5. The molecule has 1 saturated heterocycles. The number of aliphatic hydroxyl groups is 3. The molecule has 2 rings (SSSR count). The predicted octanol–water partition coefficient (Wildman–Crippen LogP) is 2.07. The minimum atomic E-state index is -1.42. The zero-order valence-corrected chi connectivity index (χ0v) is 18.9. The summed E-state index contributed by atoms with van der Waals surface area (Å²) in [5.41, 5.74) is 5.38. The zero-order valence-electron chi connectivity index (χ0n) is 18.9. The molecule has 1 unspecified atom stereocenters. The fraction of sp³-hybridized carbons (Fsp3) is 0.696. The molecule has 0 spiro atoms. The lowest BCUT2D eigenvalue weighted by Gasteiger charge is -2.14. The van der Waals surface area contributed by atoms with Crippen molar-refractivity contribution in [3.8, 4) is 0 Å². The van der Waals surface area contributed by atoms with Gasteiger partial charge in [0.25, 0.3) is 0 Å². The van der Waals surface area contributed by atoms with Crippen molar-refractivity contribution >= 4 is 11.9 Å². The van der Waals surface area contributed by atoms with E-state index in [1.165, 1.54) is 44.7 Å². The van der Waals surface area contributed by atoms with Crippen LogP contribution in [0.2, 0.25) is 0 Å². The summed E-state index contributed by atoms with van der Waals surface area (Å²) < 4.78 is 9.93. The maximum absolute atomic E-state index is 11.6. The molecular weight excluding hydrogens is 416 g/mol. The molecule has 182 valence electrons. The van der Waals surface area contributed by atoms with Crippen LogP contribution in [0.25, 0.3) is 0 Å². The molecule has 1 aliphatic rings. The molecule has 9 heteroatoms. The molecule has 32 heavy (non-hydrogen) atoms. The largest absolute Gasteiger partial charge is 0.463 e. The van der Waals surface area contributed by atoms with Crippen molar-refractivity contribution in [3.63, 3.8) is 0 Å². The number of esters is 1. The van der Waals surface area contributed by atoms with Crippen molar-refractivity contribution in [2.45, 2.75) is 95.7 Å². The summed E-state index contributed by atoms with van der Waals surface area (Å²) >= 11 is 0. The molecule has 0 aliphatic carbocycles. The van der Waals surface area contributed by atoms with E-state index in [9.17, 15) is 24.9 Å². The fourth-order valence-corrected chi connectivity index (χ4v) is 3.20. The van der Waals surface area contributed by atoms with Crippen molar-refractivity contribution < 1.29 is 34.4 Å². The average molecular weight is 455 g/mol. The van der Waals surface area contributed by atoms with E-state index in [2.05, 4.69) is 11.9 Å². The molecule has 0 aromatic carbocycles. The highest BCUT2D eigenvalue weighted by Gasteiger charge is 2.42. The van der Waals surface area contributed by atoms with Gasteiger partial charge in [-0.3, -0.25) is 14.6 Å². The van der Waals surface area contributed by atoms with E-state index in [1.54, 1.807) is 18.3 Å². The number of aromatic nitrogens is 1. The van der Waals surface area contributed by atoms with Crippen LogP contribution in [0.15, 0.2) is 24.5 Å². The number of primary amides is 1. The number of ether oxygens (including phenoxy) is 2. The van der Waals surface area contributed by atoms with E-state index < -0.39 is 30.5 Å². The van der Waals surface area contributed by atoms with Crippen molar-refractivity contribution in [2.75, 3.05) is 6.61 Å². The molecule has 0 radical (unpaired) electrons. The topological polar surface area (TPSA) is 152 Å². The summed E-state index contributed by atoms with van der Waals surface area (Å²) in [6.07, 6.45) is 9.15. The predicted molar refractivity (Wildman–Crippen MR) is 118 cm³/mol. The van der Waals surface area contributed by atoms with Crippen LogP contribution in [0.5, 0.6) is 0 Å². The second-order valence-corrected chi connectivity index (χ2v) is 7.91. The number of nitrogens with two attached hydrogens (primary N) is 1. The standard InChI is InChI=1S/C17H32O6.C6H6N2O/c1-2-3-4-5-6-7-8-9-10-11-14(18)22-12-13-15(19)16(20)17(21)23-13;7-6(9)5-2-1-3-8-4-5/h13,15-17,19-21H,2-12H2,1H3;1-4H,(H2,7,9)/t13-,15-,16-,17?;/m1./s1. The van der Waals surface area contributed by atoms with Gasteiger partial charge >= 0.3 is 5.97 Å². The van der Waals surface area contributed by atoms with Crippen molar-refractivity contribution in [2.24, 2.45) is 5.73 Å². The van der Waals surface area contributed by atoms with E-state index in [-0.39, 0.29) is 12.6 Å². The first kappa shape index (κ1) is 28.0. The molecule has 1 fully saturated rings. The van der Waals surface area contributed by atoms with Crippen LogP contribution in [-0.4, -0.2) is 63.4 Å². The van der Waals surface area contributed by atoms with E-state index in [1.807, 2.05) is 0 Å². The number of carbonyl (C=O) groups is 2. The molecule has 1 aromatic heterocycles. The van der Waals surface area contributed by atoms with Crippen LogP contribution >= 0.6 is 0 Å². The first-order valence-electron chi connectivity index (χ1n) is 11.4. The lowest BCUT2D eigenvalue weighted by atomic mass is 10.1. The maximum atomic E-state index is 11.6. The van der Waals surface area contributed by atoms with Gasteiger partial charge in [0.05, 0.1) is 5.56 Å². The molecule has 1 amide bonds. The van der Waals surface area contributed by atoms with Gasteiger partial charge in [-0.05, 0) is 18.6 Å². The van der Waals surface area contributed by atoms with Gasteiger partial charge in [0.1, 0.15) is 24.9 Å². The number of hydrogen-bond donors (Lipinski definition) is 4. The summed E-state index contributed by atoms with van der Waals surface area (Å²) in [6, 6.07) is 3.29. The third kappa shape index (κ3) is 11.5. The molecule has 9 nitrogen and oxygen atoms in total. The van der Waals surface area contributed by atoms with Gasteiger partial charge in [-0.15, -0.1) is 0 Å². The van der Waals surface area contributed by atoms with Gasteiger partial charge < -0.3 is 30.5 Å². The number of rotatable bonds is 13. The summed E-state index contributed by atoms with van der Waals surface area (Å²) in [4.78, 5) is 25.7. The Morgan fingerprint density at radius 2 is 1.66 bits per heavy atom. The summed E-state index contributed by atoms with van der Waals surface area (Å²) in [6.45, 7) is 2.06. The van der Waals surface area contributed by atoms with Crippen LogP contribution in [-0.2, 0) is 14.3 Å². The van der Waals surface area contributed by atoms with Gasteiger partial charge in [-0.1, -0.05) is 58.3 Å². The highest BCUT2D eigenvalue weighted by Crippen LogP contribution is 2.20. The van der Waals surface area contributed by atoms with Crippen LogP contribution < -0.4 is 5.73 Å². The Morgan fingerprint density at radius 1 is 1.03 bits per heavy atom. The summed E-state index contributed by atoms with van der Waals surface area (Å²) in [5.74, 6) is -0.775. The molecule has 4 atom stereocenters. The number of amides is 1. The highest BCUT2D eigenvalue weighted by molar-refractivity contribution is 5.92. The molecule has 2 heterocycles. The molecule has 0 saturated carbocycles. The van der Waals surface area contributed by atoms with Gasteiger partial charge in [0.15, 0.2) is 6.29 Å². The molecule has 5 N–H and O–H groups in total. The lowest BCUT2D eigenvalue weighted by Crippen LogP contribution is -2.34. The van der Waals surface area contributed by atoms with Gasteiger partial charge in [0, 0.05) is 18.8 Å². The number of aliphatic hydroxyl groups excluding tert-OH is 3. The van der Waals surface area contributed by atoms with E-state index in [4.69, 9.17) is 15.2 Å². The minimum Gasteiger partial charge on any atom is -0.463 e. The van der Waals surface area contributed by atoms with E-state index in [0.29, 0.717) is 12.0 Å². The Bertz CT molecular complexity index is 644. The third-order valence-corrected chi connectivity index (χ3v) is 5.18. The average Bonchev–Trinajstić information content (AvgIpc) is 3.04. The first-order chi connectivity index (χ1) is 15.4. The second-order valence-electron chi connectivity index (χ2n) is 7.91.